The fourth-order valence-corrected chi connectivity index (χ4v) is 1.38. The third kappa shape index (κ3) is 4.31. The van der Waals surface area contributed by atoms with E-state index in [9.17, 15) is 9.59 Å². The molecule has 1 aromatic rings. The first-order chi connectivity index (χ1) is 8.60. The standard InChI is InChI=1S/C13H20N2O4/c1-8(2)18-11(16)10-6-9(14)7-15(10)12(17)19-13(3,4)5/h6-8H,14H2,1-5H3. The molecule has 0 bridgehead atoms. The van der Waals surface area contributed by atoms with Crippen LogP contribution in [0.4, 0.5) is 10.5 Å². The van der Waals surface area contributed by atoms with E-state index in [1.807, 2.05) is 0 Å². The highest BCUT2D eigenvalue weighted by Crippen LogP contribution is 2.16. The molecule has 0 aliphatic heterocycles. The summed E-state index contributed by atoms with van der Waals surface area (Å²) in [6, 6.07) is 1.38. The molecule has 6 nitrogen and oxygen atoms in total. The van der Waals surface area contributed by atoms with Gasteiger partial charge in [0.25, 0.3) is 0 Å². The lowest BCUT2D eigenvalue weighted by atomic mass is 10.2. The van der Waals surface area contributed by atoms with Gasteiger partial charge >= 0.3 is 12.1 Å². The van der Waals surface area contributed by atoms with Crippen LogP contribution in [0.25, 0.3) is 0 Å². The maximum atomic E-state index is 12.0. The van der Waals surface area contributed by atoms with Crippen LogP contribution in [0.5, 0.6) is 0 Å². The normalized spacial score (nSPS) is 11.5. The Morgan fingerprint density at radius 3 is 2.37 bits per heavy atom. The van der Waals surface area contributed by atoms with Crippen molar-refractivity contribution in [2.45, 2.75) is 46.3 Å². The zero-order valence-electron chi connectivity index (χ0n) is 11.9. The minimum absolute atomic E-state index is 0.0560. The number of hydrogen-bond acceptors (Lipinski definition) is 5. The van der Waals surface area contributed by atoms with Gasteiger partial charge in [0, 0.05) is 6.20 Å². The molecule has 0 saturated carbocycles. The smallest absolute Gasteiger partial charge is 0.419 e. The van der Waals surface area contributed by atoms with Gasteiger partial charge in [0.15, 0.2) is 0 Å². The van der Waals surface area contributed by atoms with Crippen LogP contribution < -0.4 is 5.73 Å². The molecule has 1 aromatic heterocycles. The minimum atomic E-state index is -0.667. The highest BCUT2D eigenvalue weighted by atomic mass is 16.6. The van der Waals surface area contributed by atoms with E-state index in [-0.39, 0.29) is 11.8 Å². The summed E-state index contributed by atoms with van der Waals surface area (Å²) in [4.78, 5) is 23.8. The van der Waals surface area contributed by atoms with Gasteiger partial charge in [-0.05, 0) is 40.7 Å². The van der Waals surface area contributed by atoms with Crippen molar-refractivity contribution < 1.29 is 19.1 Å². The first kappa shape index (κ1) is 15.1. The second-order valence-electron chi connectivity index (χ2n) is 5.46. The number of hydrogen-bond donors (Lipinski definition) is 1. The molecular weight excluding hydrogens is 248 g/mol. The molecule has 106 valence electrons. The number of nitrogens with zero attached hydrogens (tertiary/aromatic N) is 1. The fraction of sp³-hybridized carbons (Fsp3) is 0.538. The third-order valence-corrected chi connectivity index (χ3v) is 1.98. The summed E-state index contributed by atoms with van der Waals surface area (Å²) in [6.45, 7) is 8.67. The van der Waals surface area contributed by atoms with Gasteiger partial charge in [0.05, 0.1) is 11.8 Å². The Labute approximate surface area is 112 Å². The van der Waals surface area contributed by atoms with E-state index < -0.39 is 17.7 Å². The van der Waals surface area contributed by atoms with Gasteiger partial charge in [-0.1, -0.05) is 0 Å². The summed E-state index contributed by atoms with van der Waals surface area (Å²) < 4.78 is 11.3. The molecule has 2 N–H and O–H groups in total. The molecule has 0 atom stereocenters. The van der Waals surface area contributed by atoms with E-state index in [4.69, 9.17) is 15.2 Å². The molecule has 19 heavy (non-hydrogen) atoms. The fourth-order valence-electron chi connectivity index (χ4n) is 1.38. The Kier molecular flexibility index (Phi) is 4.24. The van der Waals surface area contributed by atoms with Gasteiger partial charge in [0.2, 0.25) is 0 Å². The lowest BCUT2D eigenvalue weighted by Gasteiger charge is -2.20. The number of esters is 1. The van der Waals surface area contributed by atoms with Crippen LogP contribution in [0, 0.1) is 0 Å². The number of nitrogens with two attached hydrogens (primary N) is 1. The maximum absolute atomic E-state index is 12.0. The lowest BCUT2D eigenvalue weighted by Crippen LogP contribution is -2.29. The monoisotopic (exact) mass is 268 g/mol. The van der Waals surface area contributed by atoms with Crippen molar-refractivity contribution in [1.82, 2.24) is 4.57 Å². The van der Waals surface area contributed by atoms with Crippen molar-refractivity contribution in [2.24, 2.45) is 0 Å². The maximum Gasteiger partial charge on any atom is 0.419 e. The average Bonchev–Trinajstić information content (AvgIpc) is 2.56. The first-order valence-corrected chi connectivity index (χ1v) is 6.02. The van der Waals surface area contributed by atoms with E-state index in [2.05, 4.69) is 0 Å². The summed E-state index contributed by atoms with van der Waals surface area (Å²) in [6.07, 6.45) is 0.390. The molecule has 6 heteroatoms. The number of ether oxygens (including phenoxy) is 2. The number of rotatable bonds is 2. The zero-order valence-corrected chi connectivity index (χ0v) is 11.9. The zero-order chi connectivity index (χ0) is 14.8. The summed E-state index contributed by atoms with van der Waals surface area (Å²) in [5.74, 6) is -0.613. The van der Waals surface area contributed by atoms with Crippen LogP contribution in [0.15, 0.2) is 12.3 Å². The summed E-state index contributed by atoms with van der Waals surface area (Å²) in [5, 5.41) is 0. The van der Waals surface area contributed by atoms with Crippen molar-refractivity contribution in [3.8, 4) is 0 Å². The molecule has 0 unspecified atom stereocenters. The quantitative estimate of drug-likeness (QED) is 0.833. The minimum Gasteiger partial charge on any atom is -0.458 e. The number of carbonyl (C=O) groups excluding carboxylic acids is 2. The van der Waals surface area contributed by atoms with E-state index in [1.54, 1.807) is 34.6 Å². The average molecular weight is 268 g/mol. The first-order valence-electron chi connectivity index (χ1n) is 6.02. The van der Waals surface area contributed by atoms with Crippen molar-refractivity contribution in [1.29, 1.82) is 0 Å². The van der Waals surface area contributed by atoms with Gasteiger partial charge < -0.3 is 15.2 Å². The Bertz CT molecular complexity index is 483. The summed E-state index contributed by atoms with van der Waals surface area (Å²) >= 11 is 0. The largest absolute Gasteiger partial charge is 0.458 e. The second kappa shape index (κ2) is 5.34. The number of carbonyl (C=O) groups is 2. The van der Waals surface area contributed by atoms with Crippen molar-refractivity contribution >= 4 is 17.7 Å². The van der Waals surface area contributed by atoms with E-state index in [1.165, 1.54) is 12.3 Å². The van der Waals surface area contributed by atoms with Crippen molar-refractivity contribution in [3.63, 3.8) is 0 Å². The molecule has 0 radical (unpaired) electrons. The molecule has 1 heterocycles. The molecular formula is C13H20N2O4. The van der Waals surface area contributed by atoms with Crippen LogP contribution in [-0.2, 0) is 9.47 Å². The molecule has 0 spiro atoms. The Morgan fingerprint density at radius 1 is 1.32 bits per heavy atom. The van der Waals surface area contributed by atoms with Crippen LogP contribution >= 0.6 is 0 Å². The summed E-state index contributed by atoms with van der Waals surface area (Å²) in [5.41, 5.74) is 5.30. The molecule has 1 rings (SSSR count). The lowest BCUT2D eigenvalue weighted by molar-refractivity contribution is 0.0338. The Balaban J connectivity index is 3.02. The predicted molar refractivity (Wildman–Crippen MR) is 71.0 cm³/mol. The van der Waals surface area contributed by atoms with Gasteiger partial charge in [-0.25, -0.2) is 14.2 Å². The SMILES string of the molecule is CC(C)OC(=O)c1cc(N)cn1C(=O)OC(C)(C)C. The molecule has 0 aliphatic rings. The molecule has 0 aromatic carbocycles. The molecule has 0 amide bonds. The molecule has 0 saturated heterocycles. The van der Waals surface area contributed by atoms with Crippen LogP contribution in [0.2, 0.25) is 0 Å². The van der Waals surface area contributed by atoms with E-state index in [0.29, 0.717) is 5.69 Å². The number of aromatic nitrogens is 1. The molecule has 0 aliphatic carbocycles. The van der Waals surface area contributed by atoms with Gasteiger partial charge in [-0.15, -0.1) is 0 Å². The number of nitrogen functional groups attached to an aromatic ring is 1. The van der Waals surface area contributed by atoms with Gasteiger partial charge in [-0.3, -0.25) is 0 Å². The van der Waals surface area contributed by atoms with Gasteiger partial charge in [0.1, 0.15) is 11.3 Å². The number of anilines is 1. The van der Waals surface area contributed by atoms with Gasteiger partial charge in [-0.2, -0.15) is 0 Å². The highest BCUT2D eigenvalue weighted by molar-refractivity contribution is 5.93. The van der Waals surface area contributed by atoms with Crippen LogP contribution in [0.3, 0.4) is 0 Å². The topological polar surface area (TPSA) is 83.5 Å². The van der Waals surface area contributed by atoms with Crippen molar-refractivity contribution in [2.75, 3.05) is 5.73 Å². The molecule has 0 fully saturated rings. The Hall–Kier alpha value is -1.98. The summed E-state index contributed by atoms with van der Waals surface area (Å²) in [7, 11) is 0. The van der Waals surface area contributed by atoms with E-state index in [0.717, 1.165) is 4.57 Å². The van der Waals surface area contributed by atoms with Crippen LogP contribution in [0.1, 0.15) is 45.1 Å². The Morgan fingerprint density at radius 2 is 1.89 bits per heavy atom. The van der Waals surface area contributed by atoms with E-state index >= 15 is 0 Å². The van der Waals surface area contributed by atoms with Crippen molar-refractivity contribution in [3.05, 3.63) is 18.0 Å². The predicted octanol–water partition coefficient (Wildman–Crippen LogP) is 2.42. The second-order valence-corrected chi connectivity index (χ2v) is 5.46. The van der Waals surface area contributed by atoms with Crippen LogP contribution in [-0.4, -0.2) is 28.3 Å². The highest BCUT2D eigenvalue weighted by Gasteiger charge is 2.24. The third-order valence-electron chi connectivity index (χ3n) is 1.98.